The molecule has 0 radical (unpaired) electrons. The van der Waals surface area contributed by atoms with Crippen molar-refractivity contribution in [1.82, 2.24) is 5.32 Å². The molecule has 0 fully saturated rings. The smallest absolute Gasteiger partial charge is 0.387 e. The molecule has 0 saturated carbocycles. The number of halogens is 2. The minimum atomic E-state index is -2.98. The van der Waals surface area contributed by atoms with Gasteiger partial charge in [-0.05, 0) is 24.3 Å². The molecule has 0 spiro atoms. The Balaban J connectivity index is 2.37. The van der Waals surface area contributed by atoms with Crippen LogP contribution in [0.2, 0.25) is 0 Å². The van der Waals surface area contributed by atoms with Gasteiger partial charge >= 0.3 is 12.6 Å². The van der Waals surface area contributed by atoms with Crippen molar-refractivity contribution in [1.29, 1.82) is 0 Å². The molecule has 0 bridgehead atoms. The van der Waals surface area contributed by atoms with Crippen molar-refractivity contribution >= 4 is 23.2 Å². The summed E-state index contributed by atoms with van der Waals surface area (Å²) in [4.78, 5) is 22.0. The van der Waals surface area contributed by atoms with Crippen molar-refractivity contribution in [3.63, 3.8) is 0 Å². The van der Waals surface area contributed by atoms with E-state index in [9.17, 15) is 18.4 Å². The number of nitrogens with one attached hydrogen (secondary N) is 1. The van der Waals surface area contributed by atoms with E-state index in [0.717, 1.165) is 11.3 Å². The maximum absolute atomic E-state index is 12.1. The van der Waals surface area contributed by atoms with Crippen LogP contribution in [0.4, 0.5) is 8.78 Å². The van der Waals surface area contributed by atoms with E-state index in [4.69, 9.17) is 5.11 Å². The van der Waals surface area contributed by atoms with Gasteiger partial charge < -0.3 is 15.2 Å². The Morgan fingerprint density at radius 1 is 1.42 bits per heavy atom. The average molecular weight is 293 g/mol. The SMILES string of the molecule is O=C(O)CCCCNC(=O)c1sccc1OC(F)F. The largest absolute Gasteiger partial charge is 0.481 e. The highest BCUT2D eigenvalue weighted by molar-refractivity contribution is 7.12. The van der Waals surface area contributed by atoms with Crippen LogP contribution in [0, 0.1) is 0 Å². The number of unbranched alkanes of at least 4 members (excludes halogenated alkanes) is 1. The van der Waals surface area contributed by atoms with Crippen molar-refractivity contribution in [2.75, 3.05) is 6.54 Å². The number of carboxylic acids is 1. The Bertz CT molecular complexity index is 436. The molecule has 1 aromatic rings. The summed E-state index contributed by atoms with van der Waals surface area (Å²) < 4.78 is 28.3. The third-order valence-corrected chi connectivity index (χ3v) is 3.05. The van der Waals surface area contributed by atoms with Crippen molar-refractivity contribution in [3.8, 4) is 5.75 Å². The van der Waals surface area contributed by atoms with Crippen LogP contribution in [0.3, 0.4) is 0 Å². The van der Waals surface area contributed by atoms with Gasteiger partial charge in [0.2, 0.25) is 0 Å². The van der Waals surface area contributed by atoms with E-state index in [-0.39, 0.29) is 23.6 Å². The average Bonchev–Trinajstić information content (AvgIpc) is 2.75. The molecule has 1 aromatic heterocycles. The topological polar surface area (TPSA) is 75.6 Å². The summed E-state index contributed by atoms with van der Waals surface area (Å²) in [6.07, 6.45) is 0.990. The lowest BCUT2D eigenvalue weighted by molar-refractivity contribution is -0.137. The quantitative estimate of drug-likeness (QED) is 0.721. The Labute approximate surface area is 112 Å². The predicted octanol–water partition coefficient (Wildman–Crippen LogP) is 2.33. The van der Waals surface area contributed by atoms with Crippen LogP contribution in [0.1, 0.15) is 28.9 Å². The Hall–Kier alpha value is -1.70. The van der Waals surface area contributed by atoms with Gasteiger partial charge in [0.05, 0.1) is 0 Å². The summed E-state index contributed by atoms with van der Waals surface area (Å²) in [7, 11) is 0. The third kappa shape index (κ3) is 5.64. The molecule has 5 nitrogen and oxygen atoms in total. The van der Waals surface area contributed by atoms with Crippen LogP contribution < -0.4 is 10.1 Å². The third-order valence-electron chi connectivity index (χ3n) is 2.15. The summed E-state index contributed by atoms with van der Waals surface area (Å²) in [6, 6.07) is 1.30. The molecule has 1 amide bonds. The number of hydrogen-bond donors (Lipinski definition) is 2. The Morgan fingerprint density at radius 2 is 2.16 bits per heavy atom. The van der Waals surface area contributed by atoms with E-state index >= 15 is 0 Å². The van der Waals surface area contributed by atoms with Crippen LogP contribution in [0.25, 0.3) is 0 Å². The van der Waals surface area contributed by atoms with Gasteiger partial charge in [-0.3, -0.25) is 9.59 Å². The number of thiophene rings is 1. The number of carbonyl (C=O) groups excluding carboxylic acids is 1. The number of hydrogen-bond acceptors (Lipinski definition) is 4. The highest BCUT2D eigenvalue weighted by Crippen LogP contribution is 2.26. The number of amides is 1. The number of carbonyl (C=O) groups is 2. The minimum Gasteiger partial charge on any atom is -0.481 e. The Morgan fingerprint density at radius 3 is 2.79 bits per heavy atom. The van der Waals surface area contributed by atoms with Gasteiger partial charge in [-0.1, -0.05) is 0 Å². The first-order valence-electron chi connectivity index (χ1n) is 5.53. The van der Waals surface area contributed by atoms with Gasteiger partial charge in [-0.25, -0.2) is 0 Å². The second-order valence-corrected chi connectivity index (χ2v) is 4.52. The molecule has 1 heterocycles. The molecule has 1 rings (SSSR count). The monoisotopic (exact) mass is 293 g/mol. The fourth-order valence-electron chi connectivity index (χ4n) is 1.34. The predicted molar refractivity (Wildman–Crippen MR) is 64.8 cm³/mol. The van der Waals surface area contributed by atoms with Crippen LogP contribution in [-0.2, 0) is 4.79 Å². The molecule has 0 aliphatic carbocycles. The first-order valence-corrected chi connectivity index (χ1v) is 6.41. The minimum absolute atomic E-state index is 0.0363. The summed E-state index contributed by atoms with van der Waals surface area (Å²) in [5.74, 6) is -1.54. The maximum atomic E-state index is 12.1. The lowest BCUT2D eigenvalue weighted by atomic mass is 10.2. The van der Waals surface area contributed by atoms with Crippen molar-refractivity contribution in [3.05, 3.63) is 16.3 Å². The molecular formula is C11H13F2NO4S. The fourth-order valence-corrected chi connectivity index (χ4v) is 2.07. The standard InChI is InChI=1S/C11H13F2NO4S/c12-11(13)18-7-4-6-19-9(7)10(17)14-5-2-1-3-8(15)16/h4,6,11H,1-3,5H2,(H,14,17)(H,15,16). The van der Waals surface area contributed by atoms with Crippen LogP contribution in [-0.4, -0.2) is 30.1 Å². The number of rotatable bonds is 8. The number of alkyl halides is 2. The van der Waals surface area contributed by atoms with Gasteiger partial charge in [0.15, 0.2) is 0 Å². The van der Waals surface area contributed by atoms with Gasteiger partial charge in [0.1, 0.15) is 10.6 Å². The number of ether oxygens (including phenoxy) is 1. The Kier molecular flexibility index (Phi) is 6.20. The summed E-state index contributed by atoms with van der Waals surface area (Å²) in [5.41, 5.74) is 0. The van der Waals surface area contributed by atoms with Crippen LogP contribution in [0.15, 0.2) is 11.4 Å². The number of carboxylic acid groups (broad SMARTS) is 1. The first kappa shape index (κ1) is 15.4. The number of aliphatic carboxylic acids is 1. The van der Waals surface area contributed by atoms with E-state index in [0.29, 0.717) is 12.8 Å². The molecule has 2 N–H and O–H groups in total. The van der Waals surface area contributed by atoms with Crippen molar-refractivity contribution in [2.45, 2.75) is 25.9 Å². The van der Waals surface area contributed by atoms with Gasteiger partial charge in [-0.2, -0.15) is 8.78 Å². The first-order chi connectivity index (χ1) is 9.00. The summed E-state index contributed by atoms with van der Waals surface area (Å²) in [5, 5.41) is 12.4. The molecule has 0 atom stereocenters. The molecule has 8 heteroatoms. The highest BCUT2D eigenvalue weighted by Gasteiger charge is 2.16. The van der Waals surface area contributed by atoms with Gasteiger partial charge in [0.25, 0.3) is 5.91 Å². The zero-order valence-electron chi connectivity index (χ0n) is 9.90. The molecule has 0 aliphatic heterocycles. The second kappa shape index (κ2) is 7.67. The zero-order chi connectivity index (χ0) is 14.3. The van der Waals surface area contributed by atoms with E-state index in [2.05, 4.69) is 10.1 Å². The highest BCUT2D eigenvalue weighted by atomic mass is 32.1. The summed E-state index contributed by atoms with van der Waals surface area (Å²) >= 11 is 1.00. The molecule has 0 saturated heterocycles. The molecule has 0 aliphatic rings. The second-order valence-electron chi connectivity index (χ2n) is 3.60. The van der Waals surface area contributed by atoms with E-state index < -0.39 is 18.5 Å². The molecule has 106 valence electrons. The molecule has 0 aromatic carbocycles. The van der Waals surface area contributed by atoms with E-state index in [1.54, 1.807) is 0 Å². The fraction of sp³-hybridized carbons (Fsp3) is 0.455. The molecule has 19 heavy (non-hydrogen) atoms. The van der Waals surface area contributed by atoms with Crippen LogP contribution >= 0.6 is 11.3 Å². The van der Waals surface area contributed by atoms with E-state index in [1.165, 1.54) is 11.4 Å². The van der Waals surface area contributed by atoms with E-state index in [1.807, 2.05) is 0 Å². The van der Waals surface area contributed by atoms with Crippen molar-refractivity contribution in [2.24, 2.45) is 0 Å². The lowest BCUT2D eigenvalue weighted by Crippen LogP contribution is -2.24. The summed E-state index contributed by atoms with van der Waals surface area (Å²) in [6.45, 7) is -2.69. The molecular weight excluding hydrogens is 280 g/mol. The van der Waals surface area contributed by atoms with Gasteiger partial charge in [0, 0.05) is 13.0 Å². The lowest BCUT2D eigenvalue weighted by Gasteiger charge is -2.06. The van der Waals surface area contributed by atoms with Gasteiger partial charge in [-0.15, -0.1) is 11.3 Å². The molecule has 0 unspecified atom stereocenters. The van der Waals surface area contributed by atoms with Crippen LogP contribution in [0.5, 0.6) is 5.75 Å². The normalized spacial score (nSPS) is 10.5. The zero-order valence-corrected chi connectivity index (χ0v) is 10.7. The maximum Gasteiger partial charge on any atom is 0.387 e. The van der Waals surface area contributed by atoms with Crippen molar-refractivity contribution < 1.29 is 28.2 Å².